The van der Waals surface area contributed by atoms with Crippen LogP contribution >= 0.6 is 0 Å². The number of hydrogen-bond acceptors (Lipinski definition) is 4. The third-order valence-corrected chi connectivity index (χ3v) is 5.44. The predicted molar refractivity (Wildman–Crippen MR) is 90.2 cm³/mol. The van der Waals surface area contributed by atoms with Crippen molar-refractivity contribution in [2.75, 3.05) is 7.11 Å². The minimum atomic E-state index is -0.784. The molecule has 0 aliphatic heterocycles. The van der Waals surface area contributed by atoms with E-state index >= 15 is 0 Å². The molecule has 0 bridgehead atoms. The average Bonchev–Trinajstić information content (AvgIpc) is 3.08. The highest BCUT2D eigenvalue weighted by molar-refractivity contribution is 5.90. The summed E-state index contributed by atoms with van der Waals surface area (Å²) in [5.74, 6) is 1.16. The van der Waals surface area contributed by atoms with Crippen molar-refractivity contribution in [2.45, 2.75) is 62.9 Å². The Morgan fingerprint density at radius 2 is 1.83 bits per heavy atom. The van der Waals surface area contributed by atoms with Gasteiger partial charge in [0.15, 0.2) is 11.5 Å². The molecule has 3 rings (SSSR count). The molecule has 130 valence electrons. The van der Waals surface area contributed by atoms with Crippen LogP contribution in [0, 0.1) is 0 Å². The summed E-state index contributed by atoms with van der Waals surface area (Å²) in [7, 11) is 1.61. The Kier molecular flexibility index (Phi) is 4.78. The molecular weight excluding hydrogens is 306 g/mol. The van der Waals surface area contributed by atoms with Crippen LogP contribution in [0.15, 0.2) is 18.2 Å². The Hall–Kier alpha value is -2.04. The molecule has 0 unspecified atom stereocenters. The third kappa shape index (κ3) is 3.12. The Morgan fingerprint density at radius 1 is 1.17 bits per heavy atom. The van der Waals surface area contributed by atoms with Gasteiger partial charge in [0.25, 0.3) is 0 Å². The van der Waals surface area contributed by atoms with Gasteiger partial charge in [0, 0.05) is 12.8 Å². The third-order valence-electron chi connectivity index (χ3n) is 5.44. The van der Waals surface area contributed by atoms with E-state index in [1.807, 2.05) is 18.2 Å². The summed E-state index contributed by atoms with van der Waals surface area (Å²) in [6.07, 6.45) is 6.38. The van der Waals surface area contributed by atoms with E-state index in [0.717, 1.165) is 18.4 Å². The van der Waals surface area contributed by atoms with Crippen LogP contribution in [-0.2, 0) is 15.0 Å². The lowest BCUT2D eigenvalue weighted by atomic mass is 9.68. The van der Waals surface area contributed by atoms with Gasteiger partial charge in [-0.3, -0.25) is 9.59 Å². The highest BCUT2D eigenvalue weighted by Crippen LogP contribution is 2.42. The van der Waals surface area contributed by atoms with E-state index in [4.69, 9.17) is 15.2 Å². The van der Waals surface area contributed by atoms with Crippen molar-refractivity contribution in [3.63, 3.8) is 0 Å². The minimum Gasteiger partial charge on any atom is -0.493 e. The van der Waals surface area contributed by atoms with Crippen LogP contribution < -0.4 is 15.2 Å². The van der Waals surface area contributed by atoms with Crippen molar-refractivity contribution in [1.29, 1.82) is 0 Å². The number of ether oxygens (including phenoxy) is 2. The van der Waals surface area contributed by atoms with Gasteiger partial charge >= 0.3 is 0 Å². The Labute approximate surface area is 142 Å². The topological polar surface area (TPSA) is 78.6 Å². The summed E-state index contributed by atoms with van der Waals surface area (Å²) >= 11 is 0. The molecule has 2 saturated carbocycles. The molecule has 1 amide bonds. The lowest BCUT2D eigenvalue weighted by Gasteiger charge is -2.34. The number of Topliss-reactive ketones (excluding diaryl/α,β-unsaturated/α-hetero) is 1. The second kappa shape index (κ2) is 6.83. The fraction of sp³-hybridized carbons (Fsp3) is 0.579. The zero-order chi connectivity index (χ0) is 17.2. The molecule has 0 radical (unpaired) electrons. The summed E-state index contributed by atoms with van der Waals surface area (Å²) in [4.78, 5) is 23.8. The van der Waals surface area contributed by atoms with Crippen LogP contribution in [0.25, 0.3) is 0 Å². The van der Waals surface area contributed by atoms with Crippen LogP contribution in [0.1, 0.15) is 56.9 Å². The van der Waals surface area contributed by atoms with Gasteiger partial charge in [-0.2, -0.15) is 0 Å². The summed E-state index contributed by atoms with van der Waals surface area (Å²) in [6.45, 7) is 0. The maximum absolute atomic E-state index is 12.2. The van der Waals surface area contributed by atoms with Crippen LogP contribution in [0.2, 0.25) is 0 Å². The quantitative estimate of drug-likeness (QED) is 0.900. The molecule has 2 fully saturated rings. The predicted octanol–water partition coefficient (Wildman–Crippen LogP) is 2.88. The summed E-state index contributed by atoms with van der Waals surface area (Å²) < 4.78 is 11.5. The van der Waals surface area contributed by atoms with E-state index in [1.54, 1.807) is 7.11 Å². The number of nitrogens with two attached hydrogens (primary N) is 1. The molecule has 2 aliphatic rings. The number of benzene rings is 1. The molecule has 2 aliphatic carbocycles. The monoisotopic (exact) mass is 331 g/mol. The minimum absolute atomic E-state index is 0.197. The molecule has 1 aromatic carbocycles. The van der Waals surface area contributed by atoms with Crippen LogP contribution in [-0.4, -0.2) is 24.9 Å². The van der Waals surface area contributed by atoms with E-state index in [-0.39, 0.29) is 17.8 Å². The average molecular weight is 331 g/mol. The summed E-state index contributed by atoms with van der Waals surface area (Å²) in [6, 6.07) is 5.60. The smallest absolute Gasteiger partial charge is 0.228 e. The van der Waals surface area contributed by atoms with Gasteiger partial charge in [-0.15, -0.1) is 0 Å². The van der Waals surface area contributed by atoms with Gasteiger partial charge in [0.1, 0.15) is 5.78 Å². The zero-order valence-electron chi connectivity index (χ0n) is 14.2. The molecule has 5 heteroatoms. The first-order chi connectivity index (χ1) is 11.5. The largest absolute Gasteiger partial charge is 0.493 e. The Bertz CT molecular complexity index is 624. The van der Waals surface area contributed by atoms with Crippen molar-refractivity contribution >= 4 is 11.7 Å². The standard InChI is InChI=1S/C19H25NO4/c1-23-16-7-6-13(12-17(16)24-15-4-2-3-5-15)19(18(20)22)10-8-14(21)9-11-19/h6-7,12,15H,2-5,8-11H2,1H3,(H2,20,22). The Balaban J connectivity index is 1.93. The molecule has 5 nitrogen and oxygen atoms in total. The van der Waals surface area contributed by atoms with E-state index in [0.29, 0.717) is 37.2 Å². The summed E-state index contributed by atoms with van der Waals surface area (Å²) in [5.41, 5.74) is 5.79. The number of ketones is 1. The number of carbonyl (C=O) groups is 2. The number of carbonyl (C=O) groups excluding carboxylic acids is 2. The number of rotatable bonds is 5. The maximum Gasteiger partial charge on any atom is 0.228 e. The van der Waals surface area contributed by atoms with Gasteiger partial charge in [-0.25, -0.2) is 0 Å². The van der Waals surface area contributed by atoms with Gasteiger partial charge in [-0.05, 0) is 56.2 Å². The lowest BCUT2D eigenvalue weighted by Crippen LogP contribution is -2.44. The molecule has 0 heterocycles. The fourth-order valence-corrected chi connectivity index (χ4v) is 3.89. The van der Waals surface area contributed by atoms with Gasteiger partial charge in [0.2, 0.25) is 5.91 Å². The maximum atomic E-state index is 12.2. The SMILES string of the molecule is COc1ccc(C2(C(N)=O)CCC(=O)CC2)cc1OC1CCCC1. The van der Waals surface area contributed by atoms with E-state index < -0.39 is 5.41 Å². The first kappa shape index (κ1) is 16.8. The highest BCUT2D eigenvalue weighted by atomic mass is 16.5. The first-order valence-electron chi connectivity index (χ1n) is 8.72. The van der Waals surface area contributed by atoms with Crippen molar-refractivity contribution in [2.24, 2.45) is 5.73 Å². The van der Waals surface area contributed by atoms with E-state index in [9.17, 15) is 9.59 Å². The van der Waals surface area contributed by atoms with E-state index in [1.165, 1.54) is 12.8 Å². The normalized spacial score (nSPS) is 20.8. The highest BCUT2D eigenvalue weighted by Gasteiger charge is 2.42. The van der Waals surface area contributed by atoms with Crippen LogP contribution in [0.3, 0.4) is 0 Å². The molecule has 2 N–H and O–H groups in total. The number of hydrogen-bond donors (Lipinski definition) is 1. The summed E-state index contributed by atoms with van der Waals surface area (Å²) in [5, 5.41) is 0. The molecule has 0 spiro atoms. The van der Waals surface area contributed by atoms with Gasteiger partial charge in [-0.1, -0.05) is 6.07 Å². The van der Waals surface area contributed by atoms with E-state index in [2.05, 4.69) is 0 Å². The first-order valence-corrected chi connectivity index (χ1v) is 8.72. The van der Waals surface area contributed by atoms with Crippen LogP contribution in [0.5, 0.6) is 11.5 Å². The number of amides is 1. The van der Waals surface area contributed by atoms with Gasteiger partial charge in [0.05, 0.1) is 18.6 Å². The number of methoxy groups -OCH3 is 1. The molecule has 0 saturated heterocycles. The fourth-order valence-electron chi connectivity index (χ4n) is 3.89. The number of primary amides is 1. The molecule has 24 heavy (non-hydrogen) atoms. The van der Waals surface area contributed by atoms with Gasteiger partial charge < -0.3 is 15.2 Å². The second-order valence-corrected chi connectivity index (χ2v) is 6.87. The molecule has 1 aromatic rings. The molecule has 0 atom stereocenters. The Morgan fingerprint density at radius 3 is 2.42 bits per heavy atom. The van der Waals surface area contributed by atoms with Crippen molar-refractivity contribution in [3.05, 3.63) is 23.8 Å². The van der Waals surface area contributed by atoms with Crippen LogP contribution in [0.4, 0.5) is 0 Å². The second-order valence-electron chi connectivity index (χ2n) is 6.87. The zero-order valence-corrected chi connectivity index (χ0v) is 14.2. The molecular formula is C19H25NO4. The van der Waals surface area contributed by atoms with Crippen molar-refractivity contribution in [1.82, 2.24) is 0 Å². The van der Waals surface area contributed by atoms with Crippen molar-refractivity contribution in [3.8, 4) is 11.5 Å². The van der Waals surface area contributed by atoms with Crippen molar-refractivity contribution < 1.29 is 19.1 Å². The lowest BCUT2D eigenvalue weighted by molar-refractivity contribution is -0.128. The molecule has 0 aromatic heterocycles.